The van der Waals surface area contributed by atoms with Gasteiger partial charge in [-0.2, -0.15) is 13.2 Å². The second-order valence-corrected chi connectivity index (χ2v) is 4.51. The van der Waals surface area contributed by atoms with E-state index in [0.29, 0.717) is 5.56 Å². The highest BCUT2D eigenvalue weighted by molar-refractivity contribution is 5.38. The molecule has 0 aliphatic heterocycles. The Morgan fingerprint density at radius 2 is 1.81 bits per heavy atom. The van der Waals surface area contributed by atoms with Crippen LogP contribution in [0.25, 0.3) is 0 Å². The highest BCUT2D eigenvalue weighted by Gasteiger charge is 2.30. The summed E-state index contributed by atoms with van der Waals surface area (Å²) in [7, 11) is 0. The fourth-order valence-corrected chi connectivity index (χ4v) is 1.80. The molecular formula is C15H14F3NO2. The molecule has 3 nitrogen and oxygen atoms in total. The lowest BCUT2D eigenvalue weighted by atomic mass is 10.0. The molecule has 112 valence electrons. The normalized spacial score (nSPS) is 13.0. The number of rotatable bonds is 4. The van der Waals surface area contributed by atoms with Crippen LogP contribution in [0.3, 0.4) is 0 Å². The van der Waals surface area contributed by atoms with Gasteiger partial charge in [-0.1, -0.05) is 24.3 Å². The lowest BCUT2D eigenvalue weighted by Gasteiger charge is -2.16. The molecule has 0 aliphatic carbocycles. The molecule has 2 aromatic carbocycles. The summed E-state index contributed by atoms with van der Waals surface area (Å²) in [6.45, 7) is -0.0428. The van der Waals surface area contributed by atoms with E-state index in [9.17, 15) is 18.3 Å². The zero-order valence-electron chi connectivity index (χ0n) is 11.0. The van der Waals surface area contributed by atoms with Gasteiger partial charge in [0.15, 0.2) is 11.5 Å². The van der Waals surface area contributed by atoms with Gasteiger partial charge < -0.3 is 15.6 Å². The van der Waals surface area contributed by atoms with Crippen LogP contribution in [0.2, 0.25) is 0 Å². The van der Waals surface area contributed by atoms with E-state index < -0.39 is 17.8 Å². The second kappa shape index (κ2) is 6.05. The van der Waals surface area contributed by atoms with Gasteiger partial charge in [-0.15, -0.1) is 0 Å². The van der Waals surface area contributed by atoms with Crippen molar-refractivity contribution >= 4 is 0 Å². The number of ether oxygens (including phenoxy) is 1. The number of phenols is 1. The van der Waals surface area contributed by atoms with Crippen molar-refractivity contribution in [3.8, 4) is 11.5 Å². The predicted octanol–water partition coefficient (Wildman–Crippen LogP) is 3.49. The smallest absolute Gasteiger partial charge is 0.416 e. The molecule has 21 heavy (non-hydrogen) atoms. The summed E-state index contributed by atoms with van der Waals surface area (Å²) < 4.78 is 43.2. The maximum atomic E-state index is 12.6. The molecule has 0 saturated carbocycles. The van der Waals surface area contributed by atoms with Gasteiger partial charge in [-0.05, 0) is 29.8 Å². The molecule has 6 heteroatoms. The minimum Gasteiger partial charge on any atom is -0.504 e. The maximum Gasteiger partial charge on any atom is 0.416 e. The summed E-state index contributed by atoms with van der Waals surface area (Å²) in [4.78, 5) is 0. The molecule has 1 unspecified atom stereocenters. The van der Waals surface area contributed by atoms with Crippen molar-refractivity contribution < 1.29 is 23.0 Å². The highest BCUT2D eigenvalue weighted by Crippen LogP contribution is 2.31. The molecular weight excluding hydrogens is 283 g/mol. The molecule has 0 radical (unpaired) electrons. The van der Waals surface area contributed by atoms with E-state index in [1.54, 1.807) is 18.2 Å². The average molecular weight is 297 g/mol. The van der Waals surface area contributed by atoms with Crippen molar-refractivity contribution in [2.45, 2.75) is 12.2 Å². The van der Waals surface area contributed by atoms with Crippen LogP contribution >= 0.6 is 0 Å². The Bertz CT molecular complexity index is 614. The van der Waals surface area contributed by atoms with E-state index in [1.165, 1.54) is 18.2 Å². The number of benzene rings is 2. The first-order valence-electron chi connectivity index (χ1n) is 6.21. The van der Waals surface area contributed by atoms with Crippen LogP contribution in [0, 0.1) is 0 Å². The average Bonchev–Trinajstić information content (AvgIpc) is 2.45. The van der Waals surface area contributed by atoms with Gasteiger partial charge >= 0.3 is 6.18 Å². The van der Waals surface area contributed by atoms with E-state index in [2.05, 4.69) is 0 Å². The van der Waals surface area contributed by atoms with Crippen molar-refractivity contribution in [2.75, 3.05) is 6.61 Å². The first kappa shape index (κ1) is 15.2. The summed E-state index contributed by atoms with van der Waals surface area (Å²) in [5.41, 5.74) is 5.40. The van der Waals surface area contributed by atoms with Gasteiger partial charge in [0, 0.05) is 0 Å². The molecule has 1 atom stereocenters. The summed E-state index contributed by atoms with van der Waals surface area (Å²) >= 11 is 0. The zero-order valence-corrected chi connectivity index (χ0v) is 11.0. The Labute approximate surface area is 119 Å². The molecule has 0 bridgehead atoms. The summed E-state index contributed by atoms with van der Waals surface area (Å²) in [6.07, 6.45) is -4.41. The number of aromatic hydroxyl groups is 1. The molecule has 0 heterocycles. The number of hydrogen-bond donors (Lipinski definition) is 2. The molecule has 0 fully saturated rings. The van der Waals surface area contributed by atoms with Gasteiger partial charge in [0.05, 0.1) is 11.6 Å². The molecule has 3 N–H and O–H groups in total. The topological polar surface area (TPSA) is 55.5 Å². The fourth-order valence-electron chi connectivity index (χ4n) is 1.80. The Morgan fingerprint density at radius 1 is 1.10 bits per heavy atom. The molecule has 2 rings (SSSR count). The number of nitrogens with two attached hydrogens (primary N) is 1. The standard InChI is InChI=1S/C15H14F3NO2/c16-15(17,18)11-5-3-4-10(8-11)12(19)9-21-14-7-2-1-6-13(14)20/h1-8,12,20H,9,19H2. The van der Waals surface area contributed by atoms with Gasteiger partial charge in [0.2, 0.25) is 0 Å². The van der Waals surface area contributed by atoms with E-state index in [4.69, 9.17) is 10.5 Å². The van der Waals surface area contributed by atoms with Crippen molar-refractivity contribution in [3.63, 3.8) is 0 Å². The van der Waals surface area contributed by atoms with Crippen LogP contribution in [0.4, 0.5) is 13.2 Å². The predicted molar refractivity (Wildman–Crippen MR) is 72.0 cm³/mol. The van der Waals surface area contributed by atoms with Crippen LogP contribution < -0.4 is 10.5 Å². The zero-order chi connectivity index (χ0) is 15.5. The SMILES string of the molecule is NC(COc1ccccc1O)c1cccc(C(F)(F)F)c1. The first-order valence-corrected chi connectivity index (χ1v) is 6.21. The molecule has 2 aromatic rings. The van der Waals surface area contributed by atoms with E-state index in [1.807, 2.05) is 0 Å². The Balaban J connectivity index is 2.07. The van der Waals surface area contributed by atoms with Crippen LogP contribution in [-0.4, -0.2) is 11.7 Å². The Morgan fingerprint density at radius 3 is 2.48 bits per heavy atom. The fraction of sp³-hybridized carbons (Fsp3) is 0.200. The van der Waals surface area contributed by atoms with E-state index >= 15 is 0 Å². The van der Waals surface area contributed by atoms with Crippen molar-refractivity contribution in [2.24, 2.45) is 5.73 Å². The Kier molecular flexibility index (Phi) is 4.37. The van der Waals surface area contributed by atoms with Crippen LogP contribution in [0.15, 0.2) is 48.5 Å². The minimum atomic E-state index is -4.41. The number of phenolic OH excluding ortho intramolecular Hbond substituents is 1. The third-order valence-electron chi connectivity index (χ3n) is 2.93. The molecule has 0 spiro atoms. The molecule has 0 aliphatic rings. The van der Waals surface area contributed by atoms with Crippen molar-refractivity contribution in [1.82, 2.24) is 0 Å². The van der Waals surface area contributed by atoms with Gasteiger partial charge in [0.1, 0.15) is 6.61 Å². The highest BCUT2D eigenvalue weighted by atomic mass is 19.4. The minimum absolute atomic E-state index is 0.0428. The Hall–Kier alpha value is -2.21. The third kappa shape index (κ3) is 3.88. The lowest BCUT2D eigenvalue weighted by Crippen LogP contribution is -2.19. The third-order valence-corrected chi connectivity index (χ3v) is 2.93. The number of hydrogen-bond acceptors (Lipinski definition) is 3. The first-order chi connectivity index (χ1) is 9.88. The second-order valence-electron chi connectivity index (χ2n) is 4.51. The van der Waals surface area contributed by atoms with Crippen LogP contribution in [0.5, 0.6) is 11.5 Å². The largest absolute Gasteiger partial charge is 0.504 e. The monoisotopic (exact) mass is 297 g/mol. The molecule has 0 aromatic heterocycles. The van der Waals surface area contributed by atoms with Gasteiger partial charge in [-0.25, -0.2) is 0 Å². The molecule has 0 saturated heterocycles. The summed E-state index contributed by atoms with van der Waals surface area (Å²) in [5.74, 6) is 0.189. The van der Waals surface area contributed by atoms with E-state index in [0.717, 1.165) is 12.1 Å². The molecule has 0 amide bonds. The van der Waals surface area contributed by atoms with Crippen LogP contribution in [0.1, 0.15) is 17.2 Å². The number of para-hydroxylation sites is 2. The summed E-state index contributed by atoms with van der Waals surface area (Å²) in [5, 5.41) is 9.53. The van der Waals surface area contributed by atoms with Crippen molar-refractivity contribution in [3.05, 3.63) is 59.7 Å². The quantitative estimate of drug-likeness (QED) is 0.908. The number of alkyl halides is 3. The van der Waals surface area contributed by atoms with E-state index in [-0.39, 0.29) is 18.1 Å². The number of halogens is 3. The maximum absolute atomic E-state index is 12.6. The lowest BCUT2D eigenvalue weighted by molar-refractivity contribution is -0.137. The van der Waals surface area contributed by atoms with Gasteiger partial charge in [0.25, 0.3) is 0 Å². The summed E-state index contributed by atoms with van der Waals surface area (Å²) in [6, 6.07) is 10.4. The van der Waals surface area contributed by atoms with Gasteiger partial charge in [-0.3, -0.25) is 0 Å². The van der Waals surface area contributed by atoms with Crippen molar-refractivity contribution in [1.29, 1.82) is 0 Å². The van der Waals surface area contributed by atoms with Crippen LogP contribution in [-0.2, 0) is 6.18 Å².